The number of alkyl carbamates (subject to hydrolysis) is 1. The van der Waals surface area contributed by atoms with Gasteiger partial charge < -0.3 is 25.0 Å². The summed E-state index contributed by atoms with van der Waals surface area (Å²) < 4.78 is 38.0. The van der Waals surface area contributed by atoms with Crippen LogP contribution in [0.2, 0.25) is 0 Å². The van der Waals surface area contributed by atoms with Crippen LogP contribution in [0.5, 0.6) is 5.75 Å². The van der Waals surface area contributed by atoms with E-state index in [2.05, 4.69) is 36.5 Å². The summed E-state index contributed by atoms with van der Waals surface area (Å²) in [4.78, 5) is 58.1. The van der Waals surface area contributed by atoms with E-state index in [9.17, 15) is 27.6 Å². The van der Waals surface area contributed by atoms with Crippen LogP contribution >= 0.6 is 0 Å². The molecule has 3 heterocycles. The topological polar surface area (TPSA) is 204 Å². The largest absolute Gasteiger partial charge is 0.497 e. The maximum absolute atomic E-state index is 14.4. The first kappa shape index (κ1) is 37.0. The summed E-state index contributed by atoms with van der Waals surface area (Å²) in [5.74, 6) is -1.06. The number of nitrogens with zero attached hydrogens (tertiary/aromatic N) is 5. The molecular weight excluding hydrogens is 692 g/mol. The van der Waals surface area contributed by atoms with Crippen LogP contribution in [0.15, 0.2) is 41.6 Å². The van der Waals surface area contributed by atoms with Crippen molar-refractivity contribution < 1.29 is 37.1 Å². The number of hydrogen-bond donors (Lipinski definition) is 3. The van der Waals surface area contributed by atoms with Gasteiger partial charge in [-0.1, -0.05) is 12.8 Å². The van der Waals surface area contributed by atoms with E-state index in [4.69, 9.17) is 9.47 Å². The van der Waals surface area contributed by atoms with Crippen molar-refractivity contribution in [3.05, 3.63) is 41.6 Å². The van der Waals surface area contributed by atoms with Gasteiger partial charge in [0.2, 0.25) is 27.7 Å². The SMILES string of the molecule is COc1ccc(-c2nnn([C@@H]3C[C@H]4C(=O)N[C@]5(C(=O)NS(=O)(=O)C6(C)CC6)CC5=C=CCCCCC[C@H](NC(=O)OC(C)(C)C)C(=O)N4C3)n2)cc1. The van der Waals surface area contributed by atoms with E-state index < -0.39 is 67.9 Å². The number of ether oxygens (including phenoxy) is 2. The van der Waals surface area contributed by atoms with Crippen LogP contribution in [0.1, 0.15) is 91.5 Å². The van der Waals surface area contributed by atoms with Crippen LogP contribution in [-0.4, -0.2) is 99.0 Å². The highest BCUT2D eigenvalue weighted by Gasteiger charge is 2.61. The van der Waals surface area contributed by atoms with Gasteiger partial charge in [0.25, 0.3) is 5.91 Å². The molecule has 4 aliphatic rings. The minimum absolute atomic E-state index is 0.00361. The average Bonchev–Trinajstić information content (AvgIpc) is 3.84. The summed E-state index contributed by atoms with van der Waals surface area (Å²) in [5.41, 5.74) is 1.79. The molecule has 3 N–H and O–H groups in total. The third kappa shape index (κ3) is 7.84. The summed E-state index contributed by atoms with van der Waals surface area (Å²) in [6.45, 7) is 6.73. The molecule has 0 unspecified atom stereocenters. The summed E-state index contributed by atoms with van der Waals surface area (Å²) in [7, 11) is -2.45. The molecule has 16 nitrogen and oxygen atoms in total. The van der Waals surface area contributed by atoms with Crippen LogP contribution in [-0.2, 0) is 29.1 Å². The van der Waals surface area contributed by atoms with E-state index >= 15 is 0 Å². The van der Waals surface area contributed by atoms with Gasteiger partial charge in [-0.05, 0) is 95.4 Å². The number of aromatic nitrogens is 4. The Labute approximate surface area is 302 Å². The summed E-state index contributed by atoms with van der Waals surface area (Å²) in [6, 6.07) is 4.35. The van der Waals surface area contributed by atoms with Crippen LogP contribution in [0.25, 0.3) is 11.4 Å². The number of benzene rings is 1. The zero-order valence-corrected chi connectivity index (χ0v) is 30.9. The van der Waals surface area contributed by atoms with Gasteiger partial charge in [0.15, 0.2) is 5.54 Å². The number of fused-ring (bicyclic) bond motifs is 2. The molecule has 2 aliphatic heterocycles. The van der Waals surface area contributed by atoms with Crippen molar-refractivity contribution in [2.75, 3.05) is 13.7 Å². The first-order valence-electron chi connectivity index (χ1n) is 17.6. The Morgan fingerprint density at radius 3 is 2.50 bits per heavy atom. The van der Waals surface area contributed by atoms with Crippen molar-refractivity contribution in [2.45, 2.75) is 119 Å². The van der Waals surface area contributed by atoms with Crippen molar-refractivity contribution in [3.8, 4) is 17.1 Å². The Kier molecular flexibility index (Phi) is 9.96. The molecule has 6 rings (SSSR count). The van der Waals surface area contributed by atoms with Crippen molar-refractivity contribution in [3.63, 3.8) is 0 Å². The third-order valence-electron chi connectivity index (χ3n) is 9.96. The molecule has 2 aliphatic carbocycles. The fourth-order valence-corrected chi connectivity index (χ4v) is 7.75. The maximum Gasteiger partial charge on any atom is 0.408 e. The van der Waals surface area contributed by atoms with Gasteiger partial charge in [-0.2, -0.15) is 4.80 Å². The molecule has 2 aromatic rings. The highest BCUT2D eigenvalue weighted by atomic mass is 32.2. The number of carbonyl (C=O) groups excluding carboxylic acids is 4. The quantitative estimate of drug-likeness (QED) is 0.353. The van der Waals surface area contributed by atoms with Crippen LogP contribution in [0.3, 0.4) is 0 Å². The minimum atomic E-state index is -4.01. The number of tetrazole rings is 1. The minimum Gasteiger partial charge on any atom is -0.497 e. The number of hydrogen-bond acceptors (Lipinski definition) is 11. The lowest BCUT2D eigenvalue weighted by Crippen LogP contribution is -2.58. The Morgan fingerprint density at radius 1 is 1.10 bits per heavy atom. The van der Waals surface area contributed by atoms with E-state index in [1.54, 1.807) is 65.1 Å². The Morgan fingerprint density at radius 2 is 1.83 bits per heavy atom. The van der Waals surface area contributed by atoms with Gasteiger partial charge in [0.1, 0.15) is 23.4 Å². The highest BCUT2D eigenvalue weighted by molar-refractivity contribution is 7.91. The van der Waals surface area contributed by atoms with Gasteiger partial charge in [-0.15, -0.1) is 15.9 Å². The maximum atomic E-state index is 14.4. The summed E-state index contributed by atoms with van der Waals surface area (Å²) in [5, 5.41) is 18.5. The average molecular weight is 739 g/mol. The number of nitrogens with one attached hydrogen (secondary N) is 3. The molecule has 3 fully saturated rings. The second-order valence-electron chi connectivity index (χ2n) is 15.2. The molecule has 0 bridgehead atoms. The zero-order valence-electron chi connectivity index (χ0n) is 30.1. The van der Waals surface area contributed by atoms with Crippen molar-refractivity contribution in [1.82, 2.24) is 40.5 Å². The number of methoxy groups -OCH3 is 1. The fourth-order valence-electron chi connectivity index (χ4n) is 6.44. The fraction of sp³-hybridized carbons (Fsp3) is 0.600. The van der Waals surface area contributed by atoms with E-state index in [0.29, 0.717) is 54.8 Å². The van der Waals surface area contributed by atoms with Gasteiger partial charge >= 0.3 is 6.09 Å². The van der Waals surface area contributed by atoms with Crippen LogP contribution in [0, 0.1) is 0 Å². The molecular formula is C35H46N8O8S. The van der Waals surface area contributed by atoms with Gasteiger partial charge in [-0.3, -0.25) is 19.1 Å². The molecule has 4 atom stereocenters. The van der Waals surface area contributed by atoms with E-state index in [1.807, 2.05) is 0 Å². The molecule has 1 saturated heterocycles. The zero-order chi connectivity index (χ0) is 37.5. The molecule has 1 aromatic heterocycles. The highest BCUT2D eigenvalue weighted by Crippen LogP contribution is 2.46. The molecule has 280 valence electrons. The Balaban J connectivity index is 1.31. The Hall–Kier alpha value is -4.76. The van der Waals surface area contributed by atoms with E-state index in [1.165, 1.54) is 9.70 Å². The lowest BCUT2D eigenvalue weighted by Gasteiger charge is -2.30. The molecule has 52 heavy (non-hydrogen) atoms. The monoisotopic (exact) mass is 738 g/mol. The van der Waals surface area contributed by atoms with Gasteiger partial charge in [0, 0.05) is 30.5 Å². The predicted octanol–water partition coefficient (Wildman–Crippen LogP) is 2.69. The predicted molar refractivity (Wildman–Crippen MR) is 187 cm³/mol. The standard InChI is InChI=1S/C35H46N8O8S/c1-33(2,3)51-32(47)36-26-12-10-8-6-7-9-11-23-20-35(23,31(46)40-52(48,49)34(4)17-18-34)37-29(44)27-19-24(21-42(27)30(26)45)43-39-28(38-41-43)22-13-15-25(50-5)16-14-22/h9,13-16,24,26-27H,6-8,10,12,17-21H2,1-5H3,(H,36,47)(H,37,44)(H,40,46)/t11?,24-,26+,27+,35-/m1/s1. The molecule has 4 amide bonds. The van der Waals surface area contributed by atoms with Crippen LogP contribution < -0.4 is 20.1 Å². The second-order valence-corrected chi connectivity index (χ2v) is 17.4. The number of rotatable bonds is 7. The lowest BCUT2D eigenvalue weighted by atomic mass is 10.0. The molecule has 17 heteroatoms. The smallest absolute Gasteiger partial charge is 0.408 e. The number of carbonyl (C=O) groups is 4. The van der Waals surface area contributed by atoms with Crippen LogP contribution in [0.4, 0.5) is 4.79 Å². The van der Waals surface area contributed by atoms with E-state index in [0.717, 1.165) is 12.8 Å². The van der Waals surface area contributed by atoms with Crippen molar-refractivity contribution in [1.29, 1.82) is 0 Å². The molecule has 1 aromatic carbocycles. The van der Waals surface area contributed by atoms with Crippen molar-refractivity contribution >= 4 is 33.8 Å². The Bertz CT molecular complexity index is 1910. The molecule has 0 spiro atoms. The summed E-state index contributed by atoms with van der Waals surface area (Å²) >= 11 is 0. The normalized spacial score (nSPS) is 26.1. The molecule has 2 saturated carbocycles. The van der Waals surface area contributed by atoms with Crippen molar-refractivity contribution in [2.24, 2.45) is 0 Å². The van der Waals surface area contributed by atoms with Gasteiger partial charge in [0.05, 0.1) is 17.9 Å². The number of sulfonamides is 1. The second kappa shape index (κ2) is 14.0. The first-order valence-corrected chi connectivity index (χ1v) is 19.1. The lowest BCUT2D eigenvalue weighted by molar-refractivity contribution is -0.141. The third-order valence-corrected chi connectivity index (χ3v) is 12.1. The summed E-state index contributed by atoms with van der Waals surface area (Å²) in [6.07, 6.45) is 4.97. The van der Waals surface area contributed by atoms with E-state index in [-0.39, 0.29) is 19.4 Å². The van der Waals surface area contributed by atoms with Gasteiger partial charge in [-0.25, -0.2) is 13.2 Å². The molecule has 0 radical (unpaired) electrons. The number of amides is 4. The first-order chi connectivity index (χ1) is 24.5.